The Morgan fingerprint density at radius 3 is 2.52 bits per heavy atom. The van der Waals surface area contributed by atoms with Crippen molar-refractivity contribution in [3.8, 4) is 11.1 Å². The van der Waals surface area contributed by atoms with Crippen LogP contribution in [-0.4, -0.2) is 22.7 Å². The van der Waals surface area contributed by atoms with E-state index in [0.29, 0.717) is 5.82 Å². The number of halogens is 1. The average molecular weight is 344 g/mol. The van der Waals surface area contributed by atoms with Crippen molar-refractivity contribution in [3.63, 3.8) is 0 Å². The van der Waals surface area contributed by atoms with E-state index >= 15 is 0 Å². The van der Waals surface area contributed by atoms with E-state index in [4.69, 9.17) is 4.74 Å². The van der Waals surface area contributed by atoms with E-state index in [0.717, 1.165) is 17.5 Å². The number of hydrogen-bond acceptors (Lipinski definition) is 3. The molecule has 1 unspecified atom stereocenters. The predicted octanol–water partition coefficient (Wildman–Crippen LogP) is 5.43. The molecule has 0 bridgehead atoms. The monoisotopic (exact) mass is 344 g/mol. The first-order valence-electron chi connectivity index (χ1n) is 8.45. The Hall–Kier alpha value is -2.43. The van der Waals surface area contributed by atoms with Crippen LogP contribution in [0.5, 0.6) is 0 Å². The number of hydrogen-bond donors (Lipinski definition) is 0. The first-order valence-corrected chi connectivity index (χ1v) is 8.45. The molecule has 1 aromatic heterocycles. The number of anilines is 1. The zero-order chi connectivity index (χ0) is 18.6. The van der Waals surface area contributed by atoms with E-state index in [9.17, 15) is 9.18 Å². The van der Waals surface area contributed by atoms with E-state index in [1.807, 2.05) is 40.7 Å². The van der Waals surface area contributed by atoms with Crippen molar-refractivity contribution >= 4 is 11.9 Å². The third-order valence-electron chi connectivity index (χ3n) is 3.77. The van der Waals surface area contributed by atoms with Crippen LogP contribution in [0.1, 0.15) is 41.0 Å². The number of aromatic nitrogens is 1. The molecule has 4 nitrogen and oxygen atoms in total. The van der Waals surface area contributed by atoms with Gasteiger partial charge in [-0.15, -0.1) is 0 Å². The Labute approximate surface area is 148 Å². The minimum Gasteiger partial charge on any atom is -0.443 e. The summed E-state index contributed by atoms with van der Waals surface area (Å²) in [6, 6.07) is 9.84. The summed E-state index contributed by atoms with van der Waals surface area (Å²) in [6.07, 6.45) is 1.94. The molecule has 0 saturated carbocycles. The maximum Gasteiger partial charge on any atom is 0.416 e. The first-order chi connectivity index (χ1) is 11.7. The zero-order valence-electron chi connectivity index (χ0n) is 15.4. The van der Waals surface area contributed by atoms with Gasteiger partial charge in [0.1, 0.15) is 17.2 Å². The van der Waals surface area contributed by atoms with Gasteiger partial charge in [-0.25, -0.2) is 14.2 Å². The number of ether oxygens (including phenoxy) is 1. The predicted molar refractivity (Wildman–Crippen MR) is 98.1 cm³/mol. The van der Waals surface area contributed by atoms with Crippen molar-refractivity contribution in [2.45, 2.75) is 52.7 Å². The van der Waals surface area contributed by atoms with Crippen LogP contribution in [0.15, 0.2) is 42.6 Å². The van der Waals surface area contributed by atoms with E-state index in [1.54, 1.807) is 29.3 Å². The smallest absolute Gasteiger partial charge is 0.416 e. The van der Waals surface area contributed by atoms with Crippen LogP contribution in [-0.2, 0) is 4.74 Å². The second-order valence-electron chi connectivity index (χ2n) is 7.02. The lowest BCUT2D eigenvalue weighted by Gasteiger charge is -2.30. The third kappa shape index (κ3) is 5.02. The Balaban J connectivity index is 2.41. The highest BCUT2D eigenvalue weighted by Gasteiger charge is 2.27. The highest BCUT2D eigenvalue weighted by atomic mass is 19.1. The molecule has 0 aliphatic carbocycles. The fraction of sp³-hybridized carbons (Fsp3) is 0.400. The van der Waals surface area contributed by atoms with Gasteiger partial charge in [-0.2, -0.15) is 0 Å². The van der Waals surface area contributed by atoms with E-state index in [-0.39, 0.29) is 11.9 Å². The number of benzene rings is 1. The molecule has 0 spiro atoms. The standard InChI is InChI=1S/C20H25FN2O2/c1-6-14(2)23(19(24)25-20(3,4)5)18-13-16(10-11-22-18)15-8-7-9-17(21)12-15/h7-14H,6H2,1-5H3. The molecule has 1 aromatic carbocycles. The number of rotatable bonds is 4. The lowest BCUT2D eigenvalue weighted by Crippen LogP contribution is -2.42. The summed E-state index contributed by atoms with van der Waals surface area (Å²) in [6.45, 7) is 9.43. The Morgan fingerprint density at radius 1 is 1.24 bits per heavy atom. The van der Waals surface area contributed by atoms with Crippen LogP contribution in [0.4, 0.5) is 15.0 Å². The molecule has 0 radical (unpaired) electrons. The van der Waals surface area contributed by atoms with Crippen LogP contribution in [0.2, 0.25) is 0 Å². The van der Waals surface area contributed by atoms with Gasteiger partial charge in [0.05, 0.1) is 0 Å². The lowest BCUT2D eigenvalue weighted by molar-refractivity contribution is 0.0566. The van der Waals surface area contributed by atoms with Gasteiger partial charge < -0.3 is 4.74 Å². The van der Waals surface area contributed by atoms with Gasteiger partial charge in [0.25, 0.3) is 0 Å². The zero-order valence-corrected chi connectivity index (χ0v) is 15.4. The molecule has 0 saturated heterocycles. The van der Waals surface area contributed by atoms with E-state index in [1.165, 1.54) is 12.1 Å². The molecule has 0 N–H and O–H groups in total. The Kier molecular flexibility index (Phi) is 5.77. The molecule has 5 heteroatoms. The van der Waals surface area contributed by atoms with Crippen molar-refractivity contribution in [2.75, 3.05) is 4.90 Å². The van der Waals surface area contributed by atoms with Gasteiger partial charge in [-0.05, 0) is 69.5 Å². The van der Waals surface area contributed by atoms with E-state index in [2.05, 4.69) is 4.98 Å². The molecule has 25 heavy (non-hydrogen) atoms. The van der Waals surface area contributed by atoms with Crippen LogP contribution < -0.4 is 4.90 Å². The van der Waals surface area contributed by atoms with Gasteiger partial charge in [0.15, 0.2) is 0 Å². The second kappa shape index (κ2) is 7.64. The molecule has 0 aliphatic heterocycles. The van der Waals surface area contributed by atoms with Crippen molar-refractivity contribution in [1.29, 1.82) is 0 Å². The van der Waals surface area contributed by atoms with Crippen molar-refractivity contribution in [2.24, 2.45) is 0 Å². The molecular formula is C20H25FN2O2. The van der Waals surface area contributed by atoms with Crippen LogP contribution in [0, 0.1) is 5.82 Å². The minimum absolute atomic E-state index is 0.0786. The van der Waals surface area contributed by atoms with Gasteiger partial charge in [-0.1, -0.05) is 19.1 Å². The van der Waals surface area contributed by atoms with Crippen LogP contribution >= 0.6 is 0 Å². The maximum absolute atomic E-state index is 13.5. The topological polar surface area (TPSA) is 42.4 Å². The summed E-state index contributed by atoms with van der Waals surface area (Å²) >= 11 is 0. The maximum atomic E-state index is 13.5. The Bertz CT molecular complexity index is 740. The molecule has 134 valence electrons. The minimum atomic E-state index is -0.594. The van der Waals surface area contributed by atoms with Crippen LogP contribution in [0.25, 0.3) is 11.1 Å². The molecule has 1 amide bonds. The second-order valence-corrected chi connectivity index (χ2v) is 7.02. The van der Waals surface area contributed by atoms with Gasteiger partial charge in [-0.3, -0.25) is 4.90 Å². The molecule has 2 aromatic rings. The Morgan fingerprint density at radius 2 is 1.92 bits per heavy atom. The largest absolute Gasteiger partial charge is 0.443 e. The fourth-order valence-corrected chi connectivity index (χ4v) is 2.39. The molecule has 1 atom stereocenters. The molecule has 0 fully saturated rings. The van der Waals surface area contributed by atoms with Gasteiger partial charge in [0.2, 0.25) is 0 Å². The van der Waals surface area contributed by atoms with Crippen LogP contribution in [0.3, 0.4) is 0 Å². The van der Waals surface area contributed by atoms with Gasteiger partial charge >= 0.3 is 6.09 Å². The lowest BCUT2D eigenvalue weighted by atomic mass is 10.1. The first kappa shape index (κ1) is 18.9. The number of carbonyl (C=O) groups is 1. The normalized spacial score (nSPS) is 12.6. The average Bonchev–Trinajstić information content (AvgIpc) is 2.53. The van der Waals surface area contributed by atoms with Gasteiger partial charge in [0, 0.05) is 12.2 Å². The number of nitrogens with zero attached hydrogens (tertiary/aromatic N) is 2. The summed E-state index contributed by atoms with van der Waals surface area (Å²) in [5, 5.41) is 0. The number of carbonyl (C=O) groups excluding carboxylic acids is 1. The third-order valence-corrected chi connectivity index (χ3v) is 3.77. The van der Waals surface area contributed by atoms with E-state index < -0.39 is 11.7 Å². The van der Waals surface area contributed by atoms with Crippen molar-refractivity contribution in [3.05, 3.63) is 48.4 Å². The summed E-state index contributed by atoms with van der Waals surface area (Å²) < 4.78 is 19.0. The van der Waals surface area contributed by atoms with Crippen molar-refractivity contribution in [1.82, 2.24) is 4.98 Å². The quantitative estimate of drug-likeness (QED) is 0.743. The highest BCUT2D eigenvalue weighted by Crippen LogP contribution is 2.26. The highest BCUT2D eigenvalue weighted by molar-refractivity contribution is 5.88. The summed E-state index contributed by atoms with van der Waals surface area (Å²) in [4.78, 5) is 18.6. The summed E-state index contributed by atoms with van der Waals surface area (Å²) in [5.41, 5.74) is 0.932. The molecular weight excluding hydrogens is 319 g/mol. The fourth-order valence-electron chi connectivity index (χ4n) is 2.39. The molecule has 0 aliphatic rings. The SMILES string of the molecule is CCC(C)N(C(=O)OC(C)(C)C)c1cc(-c2cccc(F)c2)ccn1. The molecule has 2 rings (SSSR count). The number of amides is 1. The summed E-state index contributed by atoms with van der Waals surface area (Å²) in [5.74, 6) is 0.187. The number of pyridine rings is 1. The van der Waals surface area contributed by atoms with Crippen molar-refractivity contribution < 1.29 is 13.9 Å². The molecule has 1 heterocycles. The summed E-state index contributed by atoms with van der Waals surface area (Å²) in [7, 11) is 0.